The summed E-state index contributed by atoms with van der Waals surface area (Å²) in [7, 11) is -2.31. The SMILES string of the molecule is COc1ccc(N(CC(=O)N(Cc2cccc(Br)c2)C(Cc2ccccc2)C(=O)NC2CCCC2)S(C)(=O)=O)cc1. The number of hydrogen-bond donors (Lipinski definition) is 1. The Morgan fingerprint density at radius 1 is 0.976 bits per heavy atom. The van der Waals surface area contributed by atoms with Crippen LogP contribution in [-0.2, 0) is 32.6 Å². The highest BCUT2D eigenvalue weighted by atomic mass is 79.9. The number of halogens is 1. The molecule has 3 aromatic rings. The first-order chi connectivity index (χ1) is 19.6. The van der Waals surface area contributed by atoms with E-state index in [-0.39, 0.29) is 18.5 Å². The number of sulfonamides is 1. The van der Waals surface area contributed by atoms with E-state index in [1.807, 2.05) is 54.6 Å². The molecule has 10 heteroatoms. The van der Waals surface area contributed by atoms with Gasteiger partial charge in [-0.1, -0.05) is 71.2 Å². The maximum absolute atomic E-state index is 14.2. The number of rotatable bonds is 12. The molecule has 0 saturated heterocycles. The Morgan fingerprint density at radius 3 is 2.24 bits per heavy atom. The van der Waals surface area contributed by atoms with Crippen LogP contribution in [-0.4, -0.2) is 57.1 Å². The van der Waals surface area contributed by atoms with E-state index in [0.717, 1.165) is 51.8 Å². The summed E-state index contributed by atoms with van der Waals surface area (Å²) >= 11 is 3.50. The van der Waals surface area contributed by atoms with E-state index >= 15 is 0 Å². The molecule has 1 aliphatic rings. The molecule has 41 heavy (non-hydrogen) atoms. The van der Waals surface area contributed by atoms with Gasteiger partial charge in [0.1, 0.15) is 18.3 Å². The topological polar surface area (TPSA) is 96.0 Å². The summed E-state index contributed by atoms with van der Waals surface area (Å²) in [5.74, 6) is -0.149. The van der Waals surface area contributed by atoms with Crippen LogP contribution in [0.2, 0.25) is 0 Å². The highest BCUT2D eigenvalue weighted by Gasteiger charge is 2.34. The van der Waals surface area contributed by atoms with Crippen LogP contribution < -0.4 is 14.4 Å². The molecule has 0 aliphatic heterocycles. The summed E-state index contributed by atoms with van der Waals surface area (Å²) < 4.78 is 32.9. The van der Waals surface area contributed by atoms with Gasteiger partial charge in [-0.2, -0.15) is 0 Å². The minimum Gasteiger partial charge on any atom is -0.497 e. The quantitative estimate of drug-likeness (QED) is 0.303. The Hall–Kier alpha value is -3.37. The number of nitrogens with one attached hydrogen (secondary N) is 1. The molecule has 1 N–H and O–H groups in total. The maximum atomic E-state index is 14.2. The standard InChI is InChI=1S/C31H36BrN3O5S/c1-40-28-17-15-27(16-18-28)35(41(2,38)39)22-30(36)34(21-24-11-8-12-25(32)19-24)29(20-23-9-4-3-5-10-23)31(37)33-26-13-6-7-14-26/h3-5,8-12,15-19,26,29H,6-7,13-14,20-22H2,1-2H3,(H,33,37). The highest BCUT2D eigenvalue weighted by Crippen LogP contribution is 2.24. The zero-order valence-corrected chi connectivity index (χ0v) is 25.7. The molecule has 1 atom stereocenters. The first-order valence-corrected chi connectivity index (χ1v) is 16.3. The molecule has 8 nitrogen and oxygen atoms in total. The fourth-order valence-corrected chi connectivity index (χ4v) is 6.41. The molecule has 0 spiro atoms. The molecular weight excluding hydrogens is 606 g/mol. The number of anilines is 1. The van der Waals surface area contributed by atoms with Gasteiger partial charge in [0.05, 0.1) is 19.1 Å². The van der Waals surface area contributed by atoms with Gasteiger partial charge in [0.15, 0.2) is 0 Å². The van der Waals surface area contributed by atoms with E-state index in [1.165, 1.54) is 12.0 Å². The third-order valence-corrected chi connectivity index (χ3v) is 8.89. The molecule has 1 saturated carbocycles. The molecule has 4 rings (SSSR count). The lowest BCUT2D eigenvalue weighted by Crippen LogP contribution is -2.54. The van der Waals surface area contributed by atoms with Crippen molar-refractivity contribution in [3.8, 4) is 5.75 Å². The molecule has 0 radical (unpaired) electrons. The van der Waals surface area contributed by atoms with E-state index < -0.39 is 28.5 Å². The Bertz CT molecular complexity index is 1430. The average molecular weight is 643 g/mol. The van der Waals surface area contributed by atoms with Crippen LogP contribution >= 0.6 is 15.9 Å². The van der Waals surface area contributed by atoms with Gasteiger partial charge in [0, 0.05) is 23.5 Å². The molecule has 0 bridgehead atoms. The fraction of sp³-hybridized carbons (Fsp3) is 0.355. The van der Waals surface area contributed by atoms with Gasteiger partial charge in [-0.05, 0) is 60.4 Å². The lowest BCUT2D eigenvalue weighted by Gasteiger charge is -2.34. The van der Waals surface area contributed by atoms with Crippen molar-refractivity contribution in [2.24, 2.45) is 0 Å². The summed E-state index contributed by atoms with van der Waals surface area (Å²) in [5.41, 5.74) is 2.05. The van der Waals surface area contributed by atoms with Gasteiger partial charge in [0.25, 0.3) is 0 Å². The number of hydrogen-bond acceptors (Lipinski definition) is 5. The second-order valence-electron chi connectivity index (χ2n) is 10.3. The second-order valence-corrected chi connectivity index (χ2v) is 13.1. The molecular formula is C31H36BrN3O5S. The van der Waals surface area contributed by atoms with Crippen molar-refractivity contribution < 1.29 is 22.7 Å². The van der Waals surface area contributed by atoms with E-state index in [9.17, 15) is 18.0 Å². The highest BCUT2D eigenvalue weighted by molar-refractivity contribution is 9.10. The van der Waals surface area contributed by atoms with E-state index in [4.69, 9.17) is 4.74 Å². The predicted molar refractivity (Wildman–Crippen MR) is 164 cm³/mol. The van der Waals surface area contributed by atoms with Crippen LogP contribution in [0.4, 0.5) is 5.69 Å². The zero-order chi connectivity index (χ0) is 29.4. The second kappa shape index (κ2) is 14.0. The van der Waals surface area contributed by atoms with Crippen molar-refractivity contribution in [3.05, 3.63) is 94.5 Å². The number of carbonyl (C=O) groups is 2. The van der Waals surface area contributed by atoms with Gasteiger partial charge in [-0.3, -0.25) is 13.9 Å². The first kappa shape index (κ1) is 30.6. The Balaban J connectivity index is 1.71. The predicted octanol–water partition coefficient (Wildman–Crippen LogP) is 4.92. The van der Waals surface area contributed by atoms with Crippen LogP contribution in [0, 0.1) is 0 Å². The van der Waals surface area contributed by atoms with Crippen molar-refractivity contribution >= 4 is 43.5 Å². The molecule has 0 heterocycles. The fourth-order valence-electron chi connectivity index (χ4n) is 5.12. The maximum Gasteiger partial charge on any atom is 0.244 e. The zero-order valence-electron chi connectivity index (χ0n) is 23.3. The lowest BCUT2D eigenvalue weighted by atomic mass is 10.0. The summed E-state index contributed by atoms with van der Waals surface area (Å²) in [4.78, 5) is 29.5. The minimum absolute atomic E-state index is 0.0652. The summed E-state index contributed by atoms with van der Waals surface area (Å²) in [6, 6.07) is 22.8. The largest absolute Gasteiger partial charge is 0.497 e. The van der Waals surface area contributed by atoms with Crippen molar-refractivity contribution in [1.29, 1.82) is 0 Å². The van der Waals surface area contributed by atoms with E-state index in [0.29, 0.717) is 17.9 Å². The van der Waals surface area contributed by atoms with E-state index in [2.05, 4.69) is 21.2 Å². The number of benzene rings is 3. The Labute approximate surface area is 250 Å². The van der Waals surface area contributed by atoms with Gasteiger partial charge < -0.3 is 15.0 Å². The monoisotopic (exact) mass is 641 g/mol. The molecule has 1 unspecified atom stereocenters. The van der Waals surface area contributed by atoms with Gasteiger partial charge >= 0.3 is 0 Å². The molecule has 0 aromatic heterocycles. The lowest BCUT2D eigenvalue weighted by molar-refractivity contribution is -0.140. The molecule has 1 fully saturated rings. The van der Waals surface area contributed by atoms with Crippen LogP contribution in [0.1, 0.15) is 36.8 Å². The Kier molecular flexibility index (Phi) is 10.4. The van der Waals surface area contributed by atoms with Crippen molar-refractivity contribution in [2.45, 2.75) is 50.7 Å². The van der Waals surface area contributed by atoms with Gasteiger partial charge in [-0.15, -0.1) is 0 Å². The van der Waals surface area contributed by atoms with Crippen LogP contribution in [0.15, 0.2) is 83.3 Å². The average Bonchev–Trinajstić information content (AvgIpc) is 3.46. The number of amides is 2. The molecule has 218 valence electrons. The summed E-state index contributed by atoms with van der Waals surface area (Å²) in [6.07, 6.45) is 5.28. The smallest absolute Gasteiger partial charge is 0.244 e. The normalized spacial score (nSPS) is 14.3. The molecule has 3 aromatic carbocycles. The summed E-state index contributed by atoms with van der Waals surface area (Å²) in [6.45, 7) is -0.324. The van der Waals surface area contributed by atoms with E-state index in [1.54, 1.807) is 24.3 Å². The summed E-state index contributed by atoms with van der Waals surface area (Å²) in [5, 5.41) is 3.17. The number of ether oxygens (including phenoxy) is 1. The number of nitrogens with zero attached hydrogens (tertiary/aromatic N) is 2. The molecule has 1 aliphatic carbocycles. The third kappa shape index (κ3) is 8.56. The van der Waals surface area contributed by atoms with Crippen molar-refractivity contribution in [1.82, 2.24) is 10.2 Å². The van der Waals surface area contributed by atoms with Crippen LogP contribution in [0.25, 0.3) is 0 Å². The van der Waals surface area contributed by atoms with Crippen molar-refractivity contribution in [3.63, 3.8) is 0 Å². The third-order valence-electron chi connectivity index (χ3n) is 7.25. The number of methoxy groups -OCH3 is 1. The Morgan fingerprint density at radius 2 is 1.63 bits per heavy atom. The molecule has 2 amide bonds. The van der Waals surface area contributed by atoms with Gasteiger partial charge in [0.2, 0.25) is 21.8 Å². The first-order valence-electron chi connectivity index (χ1n) is 13.6. The van der Waals surface area contributed by atoms with Crippen LogP contribution in [0.3, 0.4) is 0 Å². The number of carbonyl (C=O) groups excluding carboxylic acids is 2. The van der Waals surface area contributed by atoms with Gasteiger partial charge in [-0.25, -0.2) is 8.42 Å². The van der Waals surface area contributed by atoms with Crippen molar-refractivity contribution in [2.75, 3.05) is 24.2 Å². The van der Waals surface area contributed by atoms with Crippen LogP contribution in [0.5, 0.6) is 5.75 Å². The minimum atomic E-state index is -3.83.